The van der Waals surface area contributed by atoms with E-state index in [9.17, 15) is 0 Å². The summed E-state index contributed by atoms with van der Waals surface area (Å²) in [6.45, 7) is 0. The van der Waals surface area contributed by atoms with Crippen molar-refractivity contribution in [3.8, 4) is 38.4 Å². The number of benzene rings is 10. The molecule has 10 aromatic carbocycles. The third-order valence-corrected chi connectivity index (χ3v) is 15.0. The summed E-state index contributed by atoms with van der Waals surface area (Å²) in [5, 5.41) is 12.5. The molecule has 4 heterocycles. The highest BCUT2D eigenvalue weighted by Gasteiger charge is 2.29. The molecule has 13 aromatic rings. The second-order valence-electron chi connectivity index (χ2n) is 17.5. The van der Waals surface area contributed by atoms with Gasteiger partial charge in [-0.3, -0.25) is 0 Å². The van der Waals surface area contributed by atoms with Crippen molar-refractivity contribution in [3.63, 3.8) is 0 Å². The molecular weight excluding hydrogens is 833 g/mol. The average molecular weight is 873 g/mol. The second-order valence-corrected chi connectivity index (χ2v) is 18.5. The molecule has 1 aliphatic heterocycles. The fourth-order valence-corrected chi connectivity index (χ4v) is 11.9. The normalized spacial score (nSPS) is 13.7. The highest BCUT2D eigenvalue weighted by atomic mass is 32.1. The van der Waals surface area contributed by atoms with Gasteiger partial charge in [0.25, 0.3) is 0 Å². The first kappa shape index (κ1) is 37.8. The highest BCUT2D eigenvalue weighted by Crippen LogP contribution is 2.46. The molecule has 14 rings (SSSR count). The number of aromatic nitrogens is 2. The molecule has 0 radical (unpaired) electrons. The van der Waals surface area contributed by atoms with E-state index in [-0.39, 0.29) is 0 Å². The van der Waals surface area contributed by atoms with Crippen LogP contribution in [0.15, 0.2) is 236 Å². The predicted octanol–water partition coefficient (Wildman–Crippen LogP) is 16.7. The fraction of sp³-hybridized carbons (Fsp3) is 0.0161. The smallest absolute Gasteiger partial charge is 0.201 e. The molecule has 3 aromatic heterocycles. The van der Waals surface area contributed by atoms with Crippen LogP contribution in [0.5, 0.6) is 0 Å². The molecule has 0 amide bonds. The van der Waals surface area contributed by atoms with Crippen molar-refractivity contribution in [3.05, 3.63) is 242 Å². The minimum Gasteiger partial charge on any atom is -0.346 e. The van der Waals surface area contributed by atoms with E-state index < -0.39 is 6.29 Å². The number of thiophene rings is 1. The quantitative estimate of drug-likeness (QED) is 0.177. The summed E-state index contributed by atoms with van der Waals surface area (Å²) >= 11 is 1.84. The van der Waals surface area contributed by atoms with Crippen LogP contribution in [0.1, 0.15) is 17.4 Å². The summed E-state index contributed by atoms with van der Waals surface area (Å²) in [5.41, 5.74) is 16.1. The Morgan fingerprint density at radius 3 is 1.91 bits per heavy atom. The first-order chi connectivity index (χ1) is 33.2. The topological polar surface area (TPSA) is 34.2 Å². The summed E-state index contributed by atoms with van der Waals surface area (Å²) in [4.78, 5) is 7.08. The first-order valence-corrected chi connectivity index (χ1v) is 23.7. The lowest BCUT2D eigenvalue weighted by atomic mass is 9.95. The molecule has 0 spiro atoms. The van der Waals surface area contributed by atoms with Gasteiger partial charge in [-0.25, -0.2) is 4.99 Å². The third-order valence-electron chi connectivity index (χ3n) is 13.7. The molecule has 1 aliphatic rings. The maximum Gasteiger partial charge on any atom is 0.201 e. The molecule has 0 fully saturated rings. The first-order valence-electron chi connectivity index (χ1n) is 22.9. The Labute approximate surface area is 391 Å². The maximum atomic E-state index is 5.84. The van der Waals surface area contributed by atoms with Gasteiger partial charge in [0, 0.05) is 59.0 Å². The molecule has 5 heteroatoms. The van der Waals surface area contributed by atoms with Crippen LogP contribution in [0.25, 0.3) is 103 Å². The Kier molecular flexibility index (Phi) is 8.48. The maximum absolute atomic E-state index is 5.84. The van der Waals surface area contributed by atoms with Crippen LogP contribution >= 0.6 is 11.3 Å². The van der Waals surface area contributed by atoms with Crippen molar-refractivity contribution in [2.75, 3.05) is 5.32 Å². The van der Waals surface area contributed by atoms with Gasteiger partial charge >= 0.3 is 0 Å². The van der Waals surface area contributed by atoms with Crippen LogP contribution in [-0.2, 0) is 0 Å². The van der Waals surface area contributed by atoms with Gasteiger partial charge in [-0.15, -0.1) is 11.3 Å². The van der Waals surface area contributed by atoms with E-state index in [1.165, 1.54) is 86.1 Å². The Balaban J connectivity index is 0.996. The Hall–Kier alpha value is -8.51. The number of rotatable bonds is 6. The van der Waals surface area contributed by atoms with Gasteiger partial charge in [0.1, 0.15) is 0 Å². The van der Waals surface area contributed by atoms with Gasteiger partial charge < -0.3 is 14.5 Å². The van der Waals surface area contributed by atoms with E-state index >= 15 is 0 Å². The van der Waals surface area contributed by atoms with Crippen molar-refractivity contribution >= 4 is 87.2 Å². The van der Waals surface area contributed by atoms with Crippen molar-refractivity contribution in [1.29, 1.82) is 0 Å². The van der Waals surface area contributed by atoms with E-state index in [4.69, 9.17) is 4.99 Å². The predicted molar refractivity (Wildman–Crippen MR) is 284 cm³/mol. The van der Waals surface area contributed by atoms with E-state index in [0.717, 1.165) is 39.2 Å². The van der Waals surface area contributed by atoms with Crippen LogP contribution in [-0.4, -0.2) is 14.8 Å². The zero-order valence-corrected chi connectivity index (χ0v) is 37.1. The van der Waals surface area contributed by atoms with Gasteiger partial charge in [-0.05, 0) is 87.1 Å². The lowest BCUT2D eigenvalue weighted by molar-refractivity contribution is 0.626. The van der Waals surface area contributed by atoms with E-state index in [1.807, 2.05) is 11.3 Å². The van der Waals surface area contributed by atoms with E-state index in [2.05, 4.69) is 245 Å². The minimum absolute atomic E-state index is 0.439. The molecule has 314 valence electrons. The van der Waals surface area contributed by atoms with Crippen LogP contribution in [0.2, 0.25) is 0 Å². The molecule has 0 bridgehead atoms. The molecule has 4 nitrogen and oxygen atoms in total. The van der Waals surface area contributed by atoms with Crippen molar-refractivity contribution in [2.24, 2.45) is 4.99 Å². The number of nitrogens with zero attached hydrogens (tertiary/aromatic N) is 3. The molecule has 1 atom stereocenters. The third kappa shape index (κ3) is 5.95. The average Bonchev–Trinajstić information content (AvgIpc) is 4.10. The van der Waals surface area contributed by atoms with E-state index in [0.29, 0.717) is 0 Å². The Morgan fingerprint density at radius 1 is 0.433 bits per heavy atom. The number of hydrogen-bond acceptors (Lipinski definition) is 3. The molecule has 67 heavy (non-hydrogen) atoms. The van der Waals surface area contributed by atoms with Gasteiger partial charge in [0.2, 0.25) is 6.29 Å². The number of fused-ring (bicyclic) bond motifs is 11. The summed E-state index contributed by atoms with van der Waals surface area (Å²) in [6.07, 6.45) is -0.439. The Bertz CT molecular complexity index is 4100. The van der Waals surface area contributed by atoms with Gasteiger partial charge in [-0.2, -0.15) is 0 Å². The van der Waals surface area contributed by atoms with Crippen molar-refractivity contribution in [2.45, 2.75) is 6.29 Å². The number of anilines is 1. The van der Waals surface area contributed by atoms with Gasteiger partial charge in [0.15, 0.2) is 0 Å². The van der Waals surface area contributed by atoms with Crippen LogP contribution in [0.3, 0.4) is 0 Å². The Morgan fingerprint density at radius 2 is 1.09 bits per heavy atom. The summed E-state index contributed by atoms with van der Waals surface area (Å²) in [7, 11) is 0. The summed E-state index contributed by atoms with van der Waals surface area (Å²) in [6, 6.07) is 83.8. The monoisotopic (exact) mass is 872 g/mol. The number of aliphatic imine (C=N–C) groups is 1. The lowest BCUT2D eigenvalue weighted by Gasteiger charge is -2.29. The molecular formula is C62H40N4S. The summed E-state index contributed by atoms with van der Waals surface area (Å²) < 4.78 is 6.08. The van der Waals surface area contributed by atoms with Gasteiger partial charge in [0.05, 0.1) is 27.8 Å². The molecule has 0 saturated carbocycles. The molecule has 1 unspecified atom stereocenters. The van der Waals surface area contributed by atoms with Crippen LogP contribution in [0.4, 0.5) is 5.69 Å². The number of para-hydroxylation sites is 2. The molecule has 1 N–H and O–H groups in total. The highest BCUT2D eigenvalue weighted by molar-refractivity contribution is 7.22. The zero-order chi connectivity index (χ0) is 44.0. The fourth-order valence-electron chi connectivity index (χ4n) is 10.7. The SMILES string of the molecule is c1ccc(-c2ccc(C3=NC(n4c5ccc(-c6cccc7c6c6ccccc6n7-c6ccccc6)cc5c5ccc6ccccc6c54)Nc4ccc5cc(-c6ccccc6)sc5c43)cc2)cc1. The minimum atomic E-state index is -0.439. The van der Waals surface area contributed by atoms with Gasteiger partial charge in [-0.1, -0.05) is 182 Å². The van der Waals surface area contributed by atoms with Crippen molar-refractivity contribution in [1.82, 2.24) is 9.13 Å². The largest absolute Gasteiger partial charge is 0.346 e. The number of hydrogen-bond donors (Lipinski definition) is 1. The van der Waals surface area contributed by atoms with E-state index in [1.54, 1.807) is 0 Å². The number of nitrogens with one attached hydrogen (secondary N) is 1. The van der Waals surface area contributed by atoms with Crippen LogP contribution < -0.4 is 5.32 Å². The summed E-state index contributed by atoms with van der Waals surface area (Å²) in [5.74, 6) is 0. The molecule has 0 aliphatic carbocycles. The molecule has 0 saturated heterocycles. The van der Waals surface area contributed by atoms with Crippen molar-refractivity contribution < 1.29 is 0 Å². The lowest BCUT2D eigenvalue weighted by Crippen LogP contribution is -2.25. The zero-order valence-electron chi connectivity index (χ0n) is 36.3. The second kappa shape index (κ2) is 15.0. The standard InChI is InChI=1S/C62H40N4S/c1-4-15-39(16-5-1)40-27-29-43(30-28-40)59-58-52(35-32-45-38-56(67-61(45)58)42-18-6-2-7-19-42)63-62(64-59)66-54-36-33-44(37-51(54)49-34-31-41-17-10-11-22-48(41)60(49)66)47-24-14-26-55-57(47)50-23-12-13-25-53(50)65(55)46-20-8-3-9-21-46/h1-38,62-63H. The van der Waals surface area contributed by atoms with Crippen LogP contribution in [0, 0.1) is 0 Å².